The number of pyridine rings is 1. The van der Waals surface area contributed by atoms with Gasteiger partial charge >= 0.3 is 15.6 Å². The molecule has 1 aliphatic carbocycles. The molecule has 0 saturated heterocycles. The first-order valence-electron chi connectivity index (χ1n) is 7.69. The second-order valence-corrected chi connectivity index (χ2v) is 7.59. The topological polar surface area (TPSA) is 74.6 Å². The second kappa shape index (κ2) is 6.49. The number of hydrogen-bond acceptors (Lipinski definition) is 5. The number of halogens is 3. The van der Waals surface area contributed by atoms with Crippen molar-refractivity contribution in [2.45, 2.75) is 37.4 Å². The van der Waals surface area contributed by atoms with Gasteiger partial charge in [0.1, 0.15) is 11.9 Å². The smallest absolute Gasteiger partial charge is 0.381 e. The summed E-state index contributed by atoms with van der Waals surface area (Å²) in [5.41, 5.74) is -5.11. The maximum atomic E-state index is 12.4. The van der Waals surface area contributed by atoms with Gasteiger partial charge < -0.3 is 13.5 Å². The molecule has 0 amide bonds. The fraction of sp³-hybridized carbons (Fsp3) is 0.533. The summed E-state index contributed by atoms with van der Waals surface area (Å²) in [5, 5.41) is 0. The van der Waals surface area contributed by atoms with Crippen LogP contribution in [0.15, 0.2) is 35.0 Å². The van der Waals surface area contributed by atoms with E-state index >= 15 is 0 Å². The average Bonchev–Trinajstić information content (AvgIpc) is 3.32. The van der Waals surface area contributed by atoms with Crippen molar-refractivity contribution in [1.29, 1.82) is 0 Å². The minimum absolute atomic E-state index is 0.00558. The van der Waals surface area contributed by atoms with E-state index in [4.69, 9.17) is 4.74 Å². The highest BCUT2D eigenvalue weighted by molar-refractivity contribution is 7.87. The minimum atomic E-state index is -5.70. The summed E-state index contributed by atoms with van der Waals surface area (Å²) < 4.78 is 70.7. The lowest BCUT2D eigenvalue weighted by molar-refractivity contribution is -0.0530. The molecule has 0 aromatic carbocycles. The zero-order valence-electron chi connectivity index (χ0n) is 13.0. The molecule has 1 aromatic heterocycles. The highest BCUT2D eigenvalue weighted by Crippen LogP contribution is 2.33. The Balaban J connectivity index is 1.81. The van der Waals surface area contributed by atoms with Crippen LogP contribution in [0.3, 0.4) is 0 Å². The van der Waals surface area contributed by atoms with Crippen molar-refractivity contribution in [1.82, 2.24) is 4.57 Å². The standard InChI is InChI=1S/C15H16F3NO5S/c16-15(17,18)25(21,22)24-12-5-6-23-13(7-12)11-3-4-14(20)19(9-11)8-10-1-2-10/h3-4,7,9-10,13H,1-2,5-6,8H2. The second-order valence-electron chi connectivity index (χ2n) is 6.05. The largest absolute Gasteiger partial charge is 0.534 e. The minimum Gasteiger partial charge on any atom is -0.381 e. The molecule has 1 aromatic rings. The zero-order chi connectivity index (χ0) is 18.2. The van der Waals surface area contributed by atoms with E-state index in [1.54, 1.807) is 6.20 Å². The Hall–Kier alpha value is -1.81. The van der Waals surface area contributed by atoms with E-state index in [1.807, 2.05) is 0 Å². The number of aromatic nitrogens is 1. The quantitative estimate of drug-likeness (QED) is 0.580. The first-order valence-corrected chi connectivity index (χ1v) is 9.10. The third-order valence-corrected chi connectivity index (χ3v) is 4.97. The van der Waals surface area contributed by atoms with Gasteiger partial charge in [0.05, 0.1) is 6.61 Å². The fourth-order valence-electron chi connectivity index (χ4n) is 2.48. The van der Waals surface area contributed by atoms with Crippen molar-refractivity contribution in [3.05, 3.63) is 46.1 Å². The third-order valence-electron chi connectivity index (χ3n) is 3.97. The lowest BCUT2D eigenvalue weighted by Gasteiger charge is -2.23. The van der Waals surface area contributed by atoms with Gasteiger partial charge in [-0.1, -0.05) is 0 Å². The van der Waals surface area contributed by atoms with Crippen LogP contribution < -0.4 is 5.56 Å². The number of hydrogen-bond donors (Lipinski definition) is 0. The van der Waals surface area contributed by atoms with Crippen LogP contribution in [-0.4, -0.2) is 25.1 Å². The van der Waals surface area contributed by atoms with Crippen LogP contribution in [0.2, 0.25) is 0 Å². The summed E-state index contributed by atoms with van der Waals surface area (Å²) >= 11 is 0. The molecule has 2 aliphatic rings. The van der Waals surface area contributed by atoms with Gasteiger partial charge in [-0.2, -0.15) is 21.6 Å². The van der Waals surface area contributed by atoms with Crippen LogP contribution in [0.25, 0.3) is 0 Å². The molecule has 0 radical (unpaired) electrons. The molecule has 1 aliphatic heterocycles. The number of nitrogens with zero attached hydrogens (tertiary/aromatic N) is 1. The molecule has 3 rings (SSSR count). The first kappa shape index (κ1) is 18.0. The summed E-state index contributed by atoms with van der Waals surface area (Å²) in [6, 6.07) is 2.87. The van der Waals surface area contributed by atoms with E-state index in [2.05, 4.69) is 4.18 Å². The molecule has 10 heteroatoms. The lowest BCUT2D eigenvalue weighted by Crippen LogP contribution is -2.27. The van der Waals surface area contributed by atoms with Crippen LogP contribution in [0.1, 0.15) is 30.9 Å². The molecule has 138 valence electrons. The number of rotatable bonds is 5. The molecule has 25 heavy (non-hydrogen) atoms. The lowest BCUT2D eigenvalue weighted by atomic mass is 10.1. The van der Waals surface area contributed by atoms with Crippen molar-refractivity contribution in [3.63, 3.8) is 0 Å². The van der Waals surface area contributed by atoms with E-state index < -0.39 is 21.7 Å². The van der Waals surface area contributed by atoms with Crippen LogP contribution >= 0.6 is 0 Å². The Bertz CT molecular complexity index is 839. The van der Waals surface area contributed by atoms with Gasteiger partial charge in [0, 0.05) is 30.8 Å². The van der Waals surface area contributed by atoms with Gasteiger partial charge in [0.15, 0.2) is 0 Å². The van der Waals surface area contributed by atoms with Crippen molar-refractivity contribution >= 4 is 10.1 Å². The number of ether oxygens (including phenoxy) is 1. The molecule has 0 bridgehead atoms. The van der Waals surface area contributed by atoms with E-state index in [0.717, 1.165) is 12.8 Å². The first-order chi connectivity index (χ1) is 11.7. The van der Waals surface area contributed by atoms with Gasteiger partial charge in [0.2, 0.25) is 0 Å². The van der Waals surface area contributed by atoms with Crippen molar-refractivity contribution in [3.8, 4) is 0 Å². The fourth-order valence-corrected chi connectivity index (χ4v) is 2.99. The summed E-state index contributed by atoms with van der Waals surface area (Å²) in [6.07, 6.45) is 4.02. The van der Waals surface area contributed by atoms with Crippen LogP contribution in [-0.2, 0) is 25.6 Å². The van der Waals surface area contributed by atoms with Gasteiger partial charge in [-0.25, -0.2) is 0 Å². The Kier molecular flexibility index (Phi) is 4.67. The van der Waals surface area contributed by atoms with Crippen molar-refractivity contribution in [2.75, 3.05) is 6.61 Å². The highest BCUT2D eigenvalue weighted by atomic mass is 32.2. The Morgan fingerprint density at radius 3 is 2.64 bits per heavy atom. The van der Waals surface area contributed by atoms with Crippen LogP contribution in [0.5, 0.6) is 0 Å². The monoisotopic (exact) mass is 379 g/mol. The normalized spacial score (nSPS) is 21.7. The Labute approximate surface area is 142 Å². The molecular weight excluding hydrogens is 363 g/mol. The molecule has 6 nitrogen and oxygen atoms in total. The van der Waals surface area contributed by atoms with E-state index in [-0.39, 0.29) is 24.3 Å². The van der Waals surface area contributed by atoms with E-state index in [9.17, 15) is 26.4 Å². The van der Waals surface area contributed by atoms with Crippen molar-refractivity contribution in [2.24, 2.45) is 5.92 Å². The van der Waals surface area contributed by atoms with Gasteiger partial charge in [-0.3, -0.25) is 4.79 Å². The third kappa shape index (κ3) is 4.24. The predicted octanol–water partition coefficient (Wildman–Crippen LogP) is 2.47. The summed E-state index contributed by atoms with van der Waals surface area (Å²) in [7, 11) is -5.70. The van der Waals surface area contributed by atoms with E-state index in [1.165, 1.54) is 22.8 Å². The van der Waals surface area contributed by atoms with Gasteiger partial charge in [-0.15, -0.1) is 0 Å². The molecule has 1 fully saturated rings. The average molecular weight is 379 g/mol. The SMILES string of the molecule is O=c1ccc(C2C=C(OS(=O)(=O)C(F)(F)F)CCO2)cn1CC1CC1. The summed E-state index contributed by atoms with van der Waals surface area (Å²) in [6.45, 7) is 0.584. The summed E-state index contributed by atoms with van der Waals surface area (Å²) in [4.78, 5) is 11.9. The molecule has 1 unspecified atom stereocenters. The Morgan fingerprint density at radius 1 is 1.28 bits per heavy atom. The molecule has 0 N–H and O–H groups in total. The highest BCUT2D eigenvalue weighted by Gasteiger charge is 2.49. The van der Waals surface area contributed by atoms with Gasteiger partial charge in [-0.05, 0) is 30.9 Å². The predicted molar refractivity (Wildman–Crippen MR) is 80.9 cm³/mol. The molecule has 1 atom stereocenters. The number of alkyl halides is 3. The van der Waals surface area contributed by atoms with Crippen LogP contribution in [0, 0.1) is 5.92 Å². The van der Waals surface area contributed by atoms with Crippen LogP contribution in [0.4, 0.5) is 13.2 Å². The molecule has 0 spiro atoms. The summed E-state index contributed by atoms with van der Waals surface area (Å²) in [5.74, 6) is 0.139. The molecular formula is C15H16F3NO5S. The Morgan fingerprint density at radius 2 is 2.00 bits per heavy atom. The maximum Gasteiger partial charge on any atom is 0.534 e. The van der Waals surface area contributed by atoms with Gasteiger partial charge in [0.25, 0.3) is 5.56 Å². The maximum absolute atomic E-state index is 12.4. The van der Waals surface area contributed by atoms with E-state index in [0.29, 0.717) is 18.0 Å². The molecule has 1 saturated carbocycles. The van der Waals surface area contributed by atoms with Crippen molar-refractivity contribution < 1.29 is 30.5 Å². The zero-order valence-corrected chi connectivity index (χ0v) is 13.8. The molecule has 2 heterocycles.